The smallest absolute Gasteiger partial charge is 0.237 e. The molecule has 2 aromatic carbocycles. The van der Waals surface area contributed by atoms with Crippen molar-refractivity contribution < 1.29 is 4.74 Å². The van der Waals surface area contributed by atoms with Crippen LogP contribution in [-0.2, 0) is 0 Å². The number of nitrogens with two attached hydrogens (primary N) is 1. The molecule has 1 aliphatic rings. The first-order chi connectivity index (χ1) is 15.7. The zero-order valence-electron chi connectivity index (χ0n) is 17.9. The minimum absolute atomic E-state index is 0.393. The van der Waals surface area contributed by atoms with E-state index in [9.17, 15) is 5.26 Å². The number of anilines is 1. The third-order valence-electron chi connectivity index (χ3n) is 5.17. The summed E-state index contributed by atoms with van der Waals surface area (Å²) in [6.07, 6.45) is 8.16. The molecule has 2 aromatic heterocycles. The van der Waals surface area contributed by atoms with E-state index >= 15 is 0 Å². The molecule has 1 saturated carbocycles. The molecule has 0 aliphatic heterocycles. The van der Waals surface area contributed by atoms with Crippen LogP contribution in [0.4, 0.5) is 5.69 Å². The summed E-state index contributed by atoms with van der Waals surface area (Å²) in [6, 6.07) is 16.3. The third kappa shape index (κ3) is 4.56. The first-order valence-electron chi connectivity index (χ1n) is 10.6. The highest BCUT2D eigenvalue weighted by Crippen LogP contribution is 2.45. The molecule has 0 spiro atoms. The number of thiol groups is 1. The molecule has 0 atom stereocenters. The molecule has 32 heavy (non-hydrogen) atoms. The van der Waals surface area contributed by atoms with E-state index in [4.69, 9.17) is 10.5 Å². The lowest BCUT2D eigenvalue weighted by molar-refractivity contribution is 0.460. The van der Waals surface area contributed by atoms with Crippen LogP contribution in [0.3, 0.4) is 0 Å². The van der Waals surface area contributed by atoms with Crippen LogP contribution in [0.1, 0.15) is 37.8 Å². The van der Waals surface area contributed by atoms with Gasteiger partial charge in [-0.3, -0.25) is 4.98 Å². The van der Waals surface area contributed by atoms with Crippen LogP contribution in [0, 0.1) is 11.3 Å². The zero-order valence-corrected chi connectivity index (χ0v) is 18.8. The first kappa shape index (κ1) is 21.7. The summed E-state index contributed by atoms with van der Waals surface area (Å²) in [6.45, 7) is 2.10. The fraction of sp³-hybridized carbons (Fsp3) is 0.240. The highest BCUT2D eigenvalue weighted by molar-refractivity contribution is 7.80. The summed E-state index contributed by atoms with van der Waals surface area (Å²) >= 11 is 3.92. The Balaban J connectivity index is 0.000000567. The average Bonchev–Trinajstić information content (AvgIpc) is 3.61. The van der Waals surface area contributed by atoms with Crippen molar-refractivity contribution in [2.45, 2.75) is 32.2 Å². The maximum Gasteiger partial charge on any atom is 0.237 e. The largest absolute Gasteiger partial charge is 0.437 e. The Morgan fingerprint density at radius 2 is 1.94 bits per heavy atom. The van der Waals surface area contributed by atoms with Crippen molar-refractivity contribution in [3.8, 4) is 29.0 Å². The van der Waals surface area contributed by atoms with Crippen molar-refractivity contribution in [2.24, 2.45) is 0 Å². The fourth-order valence-corrected chi connectivity index (χ4v) is 3.56. The van der Waals surface area contributed by atoms with Crippen molar-refractivity contribution in [3.05, 3.63) is 66.6 Å². The van der Waals surface area contributed by atoms with Gasteiger partial charge in [0.05, 0.1) is 23.0 Å². The summed E-state index contributed by atoms with van der Waals surface area (Å²) in [5.41, 5.74) is 10.2. The van der Waals surface area contributed by atoms with E-state index in [1.54, 1.807) is 18.6 Å². The number of nitriles is 1. The number of nitrogen functional groups attached to an aromatic ring is 1. The Hall–Kier alpha value is -3.50. The number of hydrogen-bond acceptors (Lipinski definition) is 6. The molecule has 0 saturated heterocycles. The van der Waals surface area contributed by atoms with E-state index < -0.39 is 0 Å². The second kappa shape index (κ2) is 9.75. The van der Waals surface area contributed by atoms with Crippen LogP contribution >= 0.6 is 12.6 Å². The van der Waals surface area contributed by atoms with E-state index in [1.807, 2.05) is 42.5 Å². The van der Waals surface area contributed by atoms with Gasteiger partial charge in [-0.1, -0.05) is 19.1 Å². The van der Waals surface area contributed by atoms with Gasteiger partial charge in [-0.15, -0.1) is 0 Å². The topological polar surface area (TPSA) is 89.8 Å². The Bertz CT molecular complexity index is 1240. The molecule has 0 amide bonds. The second-order valence-corrected chi connectivity index (χ2v) is 8.05. The van der Waals surface area contributed by atoms with Gasteiger partial charge >= 0.3 is 0 Å². The van der Waals surface area contributed by atoms with E-state index in [1.165, 1.54) is 6.42 Å². The number of ether oxygens (including phenoxy) is 1. The van der Waals surface area contributed by atoms with E-state index in [2.05, 4.69) is 40.2 Å². The number of fused-ring (bicyclic) bond motifs is 1. The van der Waals surface area contributed by atoms with Gasteiger partial charge < -0.3 is 15.0 Å². The lowest BCUT2D eigenvalue weighted by atomic mass is 10.1. The van der Waals surface area contributed by atoms with Gasteiger partial charge in [0.2, 0.25) is 5.88 Å². The molecular formula is C25H25N5OS. The molecule has 5 rings (SSSR count). The van der Waals surface area contributed by atoms with E-state index in [0.29, 0.717) is 28.9 Å². The zero-order chi connectivity index (χ0) is 22.5. The van der Waals surface area contributed by atoms with Crippen molar-refractivity contribution >= 4 is 29.2 Å². The molecule has 4 aromatic rings. The molecule has 1 fully saturated rings. The number of benzene rings is 2. The van der Waals surface area contributed by atoms with Crippen LogP contribution in [0.15, 0.2) is 61.1 Å². The van der Waals surface area contributed by atoms with Gasteiger partial charge in [0.15, 0.2) is 0 Å². The van der Waals surface area contributed by atoms with Crippen molar-refractivity contribution in [3.63, 3.8) is 0 Å². The number of rotatable bonds is 5. The third-order valence-corrected chi connectivity index (χ3v) is 5.62. The predicted octanol–water partition coefficient (Wildman–Crippen LogP) is 6.01. The first-order valence-corrected chi connectivity index (χ1v) is 11.3. The highest BCUT2D eigenvalue weighted by Gasteiger charge is 2.30. The summed E-state index contributed by atoms with van der Waals surface area (Å²) in [5, 5.41) is 10.8. The van der Waals surface area contributed by atoms with Crippen LogP contribution < -0.4 is 10.5 Å². The lowest BCUT2D eigenvalue weighted by Crippen LogP contribution is -1.98. The fourth-order valence-electron chi connectivity index (χ4n) is 3.56. The quantitative estimate of drug-likeness (QED) is 0.291. The normalized spacial score (nSPS) is 12.7. The molecule has 2 heterocycles. The van der Waals surface area contributed by atoms with Gasteiger partial charge in [0.25, 0.3) is 0 Å². The molecule has 6 nitrogen and oxygen atoms in total. The van der Waals surface area contributed by atoms with Gasteiger partial charge in [-0.2, -0.15) is 17.9 Å². The van der Waals surface area contributed by atoms with Crippen LogP contribution in [0.25, 0.3) is 22.2 Å². The second-order valence-electron chi connectivity index (χ2n) is 7.61. The maximum absolute atomic E-state index is 9.91. The molecule has 162 valence electrons. The monoisotopic (exact) mass is 443 g/mol. The number of nitrogens with zero attached hydrogens (tertiary/aromatic N) is 4. The molecule has 2 N–H and O–H groups in total. The summed E-state index contributed by atoms with van der Waals surface area (Å²) in [4.78, 5) is 8.19. The summed E-state index contributed by atoms with van der Waals surface area (Å²) in [7, 11) is 0. The van der Waals surface area contributed by atoms with Gasteiger partial charge in [-0.05, 0) is 54.8 Å². The number of hydrogen-bond donors (Lipinski definition) is 2. The van der Waals surface area contributed by atoms with Crippen molar-refractivity contribution in [1.29, 1.82) is 5.26 Å². The lowest BCUT2D eigenvalue weighted by Gasteiger charge is -2.11. The van der Waals surface area contributed by atoms with Gasteiger partial charge in [0.1, 0.15) is 11.8 Å². The molecule has 0 bridgehead atoms. The molecule has 7 heteroatoms. The number of aromatic nitrogens is 3. The standard InChI is InChI=1S/C22H17N5O.C3H8S/c23-12-19-18-8-7-17(28-21-13-25-9-10-26-21)11-20(18)27(16-5-6-16)22(19)14-1-3-15(24)4-2-14;1-2-3-4/h1-4,7-11,13,16H,5-6,24H2;4H,2-3H2,1H3. The van der Waals surface area contributed by atoms with Crippen LogP contribution in [-0.4, -0.2) is 20.3 Å². The Kier molecular flexibility index (Phi) is 6.62. The van der Waals surface area contributed by atoms with Crippen molar-refractivity contribution in [2.75, 3.05) is 11.5 Å². The Morgan fingerprint density at radius 3 is 2.53 bits per heavy atom. The SMILES string of the molecule is CCCS.N#Cc1c(-c2ccc(N)cc2)n(C2CC2)c2cc(Oc3cnccn3)ccc12. The molecule has 0 unspecified atom stereocenters. The predicted molar refractivity (Wildman–Crippen MR) is 131 cm³/mol. The molecule has 0 radical (unpaired) electrons. The van der Waals surface area contributed by atoms with Gasteiger partial charge in [-0.25, -0.2) is 4.98 Å². The minimum atomic E-state index is 0.393. The van der Waals surface area contributed by atoms with Crippen LogP contribution in [0.5, 0.6) is 11.6 Å². The Morgan fingerprint density at radius 1 is 1.19 bits per heavy atom. The van der Waals surface area contributed by atoms with E-state index in [-0.39, 0.29) is 0 Å². The molecular weight excluding hydrogens is 418 g/mol. The summed E-state index contributed by atoms with van der Waals surface area (Å²) < 4.78 is 8.13. The van der Waals surface area contributed by atoms with Crippen molar-refractivity contribution in [1.82, 2.24) is 14.5 Å². The Labute approximate surface area is 193 Å². The average molecular weight is 444 g/mol. The van der Waals surface area contributed by atoms with Gasteiger partial charge in [0, 0.05) is 35.6 Å². The minimum Gasteiger partial charge on any atom is -0.437 e. The maximum atomic E-state index is 9.91. The van der Waals surface area contributed by atoms with E-state index in [0.717, 1.165) is 40.8 Å². The highest BCUT2D eigenvalue weighted by atomic mass is 32.1. The van der Waals surface area contributed by atoms with Crippen LogP contribution in [0.2, 0.25) is 0 Å². The summed E-state index contributed by atoms with van der Waals surface area (Å²) in [5.74, 6) is 2.12. The molecule has 1 aliphatic carbocycles.